The minimum absolute atomic E-state index is 0. The molecule has 6 heteroatoms. The third-order valence-corrected chi connectivity index (χ3v) is 3.23. The number of thiazole rings is 1. The molecule has 1 aromatic rings. The largest absolute Gasteiger partial charge is 0.370 e. The summed E-state index contributed by atoms with van der Waals surface area (Å²) in [6, 6.07) is 0. The fraction of sp³-hybridized carbons (Fsp3) is 0.692. The highest BCUT2D eigenvalue weighted by molar-refractivity contribution is 14.0. The van der Waals surface area contributed by atoms with Gasteiger partial charge in [0, 0.05) is 17.3 Å². The van der Waals surface area contributed by atoms with Crippen molar-refractivity contribution in [3.8, 4) is 0 Å². The van der Waals surface area contributed by atoms with E-state index in [4.69, 9.17) is 5.73 Å². The molecule has 0 radical (unpaired) electrons. The highest BCUT2D eigenvalue weighted by Crippen LogP contribution is 2.24. The van der Waals surface area contributed by atoms with Crippen molar-refractivity contribution in [3.63, 3.8) is 0 Å². The van der Waals surface area contributed by atoms with Crippen LogP contribution in [0.3, 0.4) is 0 Å². The van der Waals surface area contributed by atoms with Crippen LogP contribution < -0.4 is 11.1 Å². The molecule has 0 aliphatic heterocycles. The summed E-state index contributed by atoms with van der Waals surface area (Å²) in [6.45, 7) is 12.2. The van der Waals surface area contributed by atoms with E-state index in [-0.39, 0.29) is 29.4 Å². The molecule has 1 heterocycles. The van der Waals surface area contributed by atoms with Gasteiger partial charge < -0.3 is 11.1 Å². The van der Waals surface area contributed by atoms with Gasteiger partial charge in [0.25, 0.3) is 0 Å². The van der Waals surface area contributed by atoms with E-state index in [1.807, 2.05) is 0 Å². The number of rotatable bonds is 4. The monoisotopic (exact) mass is 396 g/mol. The second-order valence-electron chi connectivity index (χ2n) is 5.85. The minimum Gasteiger partial charge on any atom is -0.370 e. The summed E-state index contributed by atoms with van der Waals surface area (Å²) in [4.78, 5) is 8.87. The molecule has 4 nitrogen and oxygen atoms in total. The van der Waals surface area contributed by atoms with Gasteiger partial charge in [-0.25, -0.2) is 9.98 Å². The van der Waals surface area contributed by atoms with Crippen LogP contribution in [0.25, 0.3) is 0 Å². The first kappa shape index (κ1) is 18.6. The molecule has 0 aliphatic rings. The summed E-state index contributed by atoms with van der Waals surface area (Å²) in [7, 11) is 0. The van der Waals surface area contributed by atoms with E-state index in [2.05, 4.69) is 55.3 Å². The van der Waals surface area contributed by atoms with Crippen LogP contribution in [0, 0.1) is 5.92 Å². The topological polar surface area (TPSA) is 63.3 Å². The fourth-order valence-corrected chi connectivity index (χ4v) is 2.19. The number of guanidine groups is 1. The van der Waals surface area contributed by atoms with Gasteiger partial charge in [-0.1, -0.05) is 34.6 Å². The van der Waals surface area contributed by atoms with Crippen molar-refractivity contribution in [1.82, 2.24) is 10.3 Å². The van der Waals surface area contributed by atoms with Gasteiger partial charge in [-0.05, 0) is 5.92 Å². The summed E-state index contributed by atoms with van der Waals surface area (Å²) in [5, 5.41) is 6.20. The van der Waals surface area contributed by atoms with E-state index >= 15 is 0 Å². The van der Waals surface area contributed by atoms with Crippen LogP contribution in [-0.2, 0) is 12.0 Å². The predicted octanol–water partition coefficient (Wildman–Crippen LogP) is 3.12. The Morgan fingerprint density at radius 2 is 2.11 bits per heavy atom. The van der Waals surface area contributed by atoms with Gasteiger partial charge in [0.15, 0.2) is 5.96 Å². The zero-order valence-corrected chi connectivity index (χ0v) is 15.5. The Morgan fingerprint density at radius 1 is 1.47 bits per heavy atom. The van der Waals surface area contributed by atoms with Crippen LogP contribution >= 0.6 is 35.3 Å². The minimum atomic E-state index is 0. The SMILES string of the molecule is CC(C)CNC(N)=NCc1nc(C(C)(C)C)cs1.I. The lowest BCUT2D eigenvalue weighted by Crippen LogP contribution is -2.34. The zero-order chi connectivity index (χ0) is 13.8. The third-order valence-electron chi connectivity index (χ3n) is 2.40. The molecular formula is C13H25IN4S. The molecule has 0 aromatic carbocycles. The van der Waals surface area contributed by atoms with Crippen molar-refractivity contribution in [2.24, 2.45) is 16.6 Å². The molecule has 0 spiro atoms. The summed E-state index contributed by atoms with van der Waals surface area (Å²) < 4.78 is 0. The quantitative estimate of drug-likeness (QED) is 0.467. The van der Waals surface area contributed by atoms with Crippen molar-refractivity contribution in [2.75, 3.05) is 6.54 Å². The van der Waals surface area contributed by atoms with Crippen molar-refractivity contribution in [2.45, 2.75) is 46.6 Å². The molecule has 0 fully saturated rings. The van der Waals surface area contributed by atoms with E-state index in [1.165, 1.54) is 0 Å². The van der Waals surface area contributed by atoms with Crippen LogP contribution in [-0.4, -0.2) is 17.5 Å². The van der Waals surface area contributed by atoms with Crippen LogP contribution in [0.2, 0.25) is 0 Å². The van der Waals surface area contributed by atoms with Crippen LogP contribution in [0.4, 0.5) is 0 Å². The highest BCUT2D eigenvalue weighted by Gasteiger charge is 2.17. The first-order chi connectivity index (χ1) is 8.29. The molecule has 3 N–H and O–H groups in total. The van der Waals surface area contributed by atoms with Crippen molar-refractivity contribution < 1.29 is 0 Å². The second-order valence-corrected chi connectivity index (χ2v) is 6.80. The molecule has 1 rings (SSSR count). The lowest BCUT2D eigenvalue weighted by molar-refractivity contribution is 0.571. The van der Waals surface area contributed by atoms with Crippen LogP contribution in [0.15, 0.2) is 10.4 Å². The number of hydrogen-bond donors (Lipinski definition) is 2. The number of halogens is 1. The molecule has 110 valence electrons. The van der Waals surface area contributed by atoms with Crippen LogP contribution in [0.5, 0.6) is 0 Å². The van der Waals surface area contributed by atoms with Crippen LogP contribution in [0.1, 0.15) is 45.3 Å². The summed E-state index contributed by atoms with van der Waals surface area (Å²) in [6.07, 6.45) is 0. The van der Waals surface area contributed by atoms with Crippen molar-refractivity contribution >= 4 is 41.3 Å². The lowest BCUT2D eigenvalue weighted by Gasteiger charge is -2.14. The molecule has 0 amide bonds. The Kier molecular flexibility index (Phi) is 7.88. The second kappa shape index (κ2) is 8.04. The Balaban J connectivity index is 0.00000324. The summed E-state index contributed by atoms with van der Waals surface area (Å²) in [5.74, 6) is 1.06. The van der Waals surface area contributed by atoms with E-state index < -0.39 is 0 Å². The zero-order valence-electron chi connectivity index (χ0n) is 12.4. The van der Waals surface area contributed by atoms with Gasteiger partial charge in [-0.2, -0.15) is 0 Å². The van der Waals surface area contributed by atoms with E-state index in [1.54, 1.807) is 11.3 Å². The Hall–Kier alpha value is -0.370. The average Bonchev–Trinajstić information content (AvgIpc) is 2.71. The predicted molar refractivity (Wildman–Crippen MR) is 94.4 cm³/mol. The first-order valence-electron chi connectivity index (χ1n) is 6.27. The molecule has 1 aromatic heterocycles. The Labute approximate surface area is 137 Å². The number of hydrogen-bond acceptors (Lipinski definition) is 3. The summed E-state index contributed by atoms with van der Waals surface area (Å²) >= 11 is 1.64. The van der Waals surface area contributed by atoms with Gasteiger partial charge in [-0.3, -0.25) is 0 Å². The Bertz CT molecular complexity index is 407. The number of nitrogens with one attached hydrogen (secondary N) is 1. The Morgan fingerprint density at radius 3 is 2.58 bits per heavy atom. The van der Waals surface area contributed by atoms with Crippen molar-refractivity contribution in [1.29, 1.82) is 0 Å². The molecule has 0 saturated heterocycles. The normalized spacial score (nSPS) is 12.4. The molecular weight excluding hydrogens is 371 g/mol. The third kappa shape index (κ3) is 7.10. The average molecular weight is 396 g/mol. The fourth-order valence-electron chi connectivity index (χ4n) is 1.25. The first-order valence-corrected chi connectivity index (χ1v) is 7.15. The smallest absolute Gasteiger partial charge is 0.189 e. The van der Waals surface area contributed by atoms with Gasteiger partial charge >= 0.3 is 0 Å². The summed E-state index contributed by atoms with van der Waals surface area (Å²) in [5.41, 5.74) is 6.99. The molecule has 0 bridgehead atoms. The number of aromatic nitrogens is 1. The molecule has 0 saturated carbocycles. The maximum absolute atomic E-state index is 5.78. The lowest BCUT2D eigenvalue weighted by atomic mass is 9.93. The van der Waals surface area contributed by atoms with Gasteiger partial charge in [-0.15, -0.1) is 35.3 Å². The van der Waals surface area contributed by atoms with E-state index in [9.17, 15) is 0 Å². The highest BCUT2D eigenvalue weighted by atomic mass is 127. The van der Waals surface area contributed by atoms with Gasteiger partial charge in [0.2, 0.25) is 0 Å². The molecule has 19 heavy (non-hydrogen) atoms. The number of aliphatic imine (C=N–C) groups is 1. The van der Waals surface area contributed by atoms with E-state index in [0.717, 1.165) is 17.2 Å². The molecule has 0 atom stereocenters. The molecule has 0 aliphatic carbocycles. The standard InChI is InChI=1S/C13H24N4S.HI/c1-9(2)6-15-12(14)16-7-11-17-10(8-18-11)13(3,4)5;/h8-9H,6-7H2,1-5H3,(H3,14,15,16);1H. The number of nitrogens with zero attached hydrogens (tertiary/aromatic N) is 2. The van der Waals surface area contributed by atoms with E-state index in [0.29, 0.717) is 18.4 Å². The van der Waals surface area contributed by atoms with Crippen molar-refractivity contribution in [3.05, 3.63) is 16.1 Å². The maximum Gasteiger partial charge on any atom is 0.189 e. The molecule has 0 unspecified atom stereocenters. The number of nitrogens with two attached hydrogens (primary N) is 1. The van der Waals surface area contributed by atoms with Gasteiger partial charge in [0.05, 0.1) is 12.2 Å². The maximum atomic E-state index is 5.78. The van der Waals surface area contributed by atoms with Gasteiger partial charge in [0.1, 0.15) is 5.01 Å².